The molecule has 2 heterocycles. The Labute approximate surface area is 149 Å². The van der Waals surface area contributed by atoms with Crippen LogP contribution in [0, 0.1) is 6.92 Å². The lowest BCUT2D eigenvalue weighted by atomic mass is 9.75. The molecule has 0 aliphatic heterocycles. The van der Waals surface area contributed by atoms with Crippen LogP contribution in [0.5, 0.6) is 0 Å². The molecule has 0 atom stereocenters. The maximum Gasteiger partial charge on any atom is 0.488 e. The van der Waals surface area contributed by atoms with Gasteiger partial charge in [-0.05, 0) is 47.8 Å². The first-order valence-corrected chi connectivity index (χ1v) is 8.06. The van der Waals surface area contributed by atoms with Crippen molar-refractivity contribution >= 4 is 29.2 Å². The minimum Gasteiger partial charge on any atom is -0.423 e. The molecule has 0 bridgehead atoms. The first-order valence-electron chi connectivity index (χ1n) is 8.06. The van der Waals surface area contributed by atoms with E-state index in [-0.39, 0.29) is 0 Å². The van der Waals surface area contributed by atoms with Gasteiger partial charge in [0, 0.05) is 17.1 Å². The summed E-state index contributed by atoms with van der Waals surface area (Å²) in [7, 11) is -1.56. The Bertz CT molecular complexity index is 1100. The molecule has 26 heavy (non-hydrogen) atoms. The largest absolute Gasteiger partial charge is 0.488 e. The van der Waals surface area contributed by atoms with E-state index in [1.165, 1.54) is 6.20 Å². The number of hydrogen-bond acceptors (Lipinski definition) is 6. The van der Waals surface area contributed by atoms with E-state index in [9.17, 15) is 10.0 Å². The van der Waals surface area contributed by atoms with Gasteiger partial charge in [-0.3, -0.25) is 5.10 Å². The fraction of sp³-hybridized carbons (Fsp3) is 0.0556. The predicted molar refractivity (Wildman–Crippen MR) is 102 cm³/mol. The van der Waals surface area contributed by atoms with Gasteiger partial charge in [-0.2, -0.15) is 15.3 Å². The van der Waals surface area contributed by atoms with Gasteiger partial charge in [0.25, 0.3) is 0 Å². The van der Waals surface area contributed by atoms with Gasteiger partial charge in [0.2, 0.25) is 0 Å². The second kappa shape index (κ2) is 6.25. The van der Waals surface area contributed by atoms with E-state index >= 15 is 0 Å². The average molecular weight is 345 g/mol. The van der Waals surface area contributed by atoms with Crippen molar-refractivity contribution in [1.29, 1.82) is 0 Å². The van der Waals surface area contributed by atoms with Gasteiger partial charge in [0.05, 0.1) is 23.1 Å². The molecule has 0 unspecified atom stereocenters. The Hall–Kier alpha value is -3.23. The number of rotatable bonds is 3. The molecule has 7 nitrogen and oxygen atoms in total. The lowest BCUT2D eigenvalue weighted by Crippen LogP contribution is -2.32. The van der Waals surface area contributed by atoms with Crippen LogP contribution in [0.4, 0.5) is 5.69 Å². The summed E-state index contributed by atoms with van der Waals surface area (Å²) in [5.74, 6) is 0. The minimum absolute atomic E-state index is 0.443. The molecule has 0 fully saturated rings. The number of nitrogens with one attached hydrogen (secondary N) is 1. The highest BCUT2D eigenvalue weighted by Gasteiger charge is 2.19. The Morgan fingerprint density at radius 1 is 1.08 bits per heavy atom. The third-order valence-corrected chi connectivity index (χ3v) is 4.44. The van der Waals surface area contributed by atoms with Crippen LogP contribution in [-0.2, 0) is 0 Å². The molecule has 2 aromatic heterocycles. The third-order valence-electron chi connectivity index (χ3n) is 4.44. The molecule has 128 valence electrons. The lowest BCUT2D eigenvalue weighted by Gasteiger charge is -2.14. The zero-order valence-corrected chi connectivity index (χ0v) is 14.0. The zero-order valence-electron chi connectivity index (χ0n) is 14.0. The number of benzene rings is 2. The summed E-state index contributed by atoms with van der Waals surface area (Å²) in [6.45, 7) is 1.83. The van der Waals surface area contributed by atoms with Crippen LogP contribution in [0.3, 0.4) is 0 Å². The number of aryl methyl sites for hydroxylation is 1. The van der Waals surface area contributed by atoms with Crippen molar-refractivity contribution in [2.45, 2.75) is 6.92 Å². The molecule has 0 spiro atoms. The standard InChI is InChI=1S/C18H16BN5O2/c1-10-6-14(17-4-5-21-23-17)13(8-15(10)19(25)26)11-2-3-12-16(20)9-22-24-18(12)7-11/h2-9,25-26H,1H3,(H2,20,24)(H,21,23). The molecule has 0 saturated carbocycles. The SMILES string of the molecule is Cc1cc(-c2cc[nH]n2)c(-c2ccc3c(N)cnnc3c2)cc1B(O)O. The predicted octanol–water partition coefficient (Wildman–Crippen LogP) is 1.26. The van der Waals surface area contributed by atoms with Crippen LogP contribution in [0.2, 0.25) is 0 Å². The smallest absolute Gasteiger partial charge is 0.423 e. The van der Waals surface area contributed by atoms with E-state index in [4.69, 9.17) is 5.73 Å². The topological polar surface area (TPSA) is 121 Å². The average Bonchev–Trinajstić information content (AvgIpc) is 3.15. The minimum atomic E-state index is -1.56. The first kappa shape index (κ1) is 16.3. The molecule has 8 heteroatoms. The van der Waals surface area contributed by atoms with Crippen molar-refractivity contribution in [3.63, 3.8) is 0 Å². The number of nitrogens with two attached hydrogens (primary N) is 1. The number of fused-ring (bicyclic) bond motifs is 1. The number of hydrogen-bond donors (Lipinski definition) is 4. The second-order valence-electron chi connectivity index (χ2n) is 6.12. The fourth-order valence-electron chi connectivity index (χ4n) is 3.11. The van der Waals surface area contributed by atoms with Crippen molar-refractivity contribution in [2.75, 3.05) is 5.73 Å². The Morgan fingerprint density at radius 2 is 1.92 bits per heavy atom. The molecule has 0 saturated heterocycles. The molecule has 0 aliphatic rings. The Kier molecular flexibility index (Phi) is 3.91. The Morgan fingerprint density at radius 3 is 2.65 bits per heavy atom. The summed E-state index contributed by atoms with van der Waals surface area (Å²) in [5.41, 5.74) is 11.7. The highest BCUT2D eigenvalue weighted by Crippen LogP contribution is 2.33. The van der Waals surface area contributed by atoms with Crippen LogP contribution < -0.4 is 11.2 Å². The third kappa shape index (κ3) is 2.71. The van der Waals surface area contributed by atoms with Crippen LogP contribution in [0.1, 0.15) is 5.56 Å². The summed E-state index contributed by atoms with van der Waals surface area (Å²) in [6, 6.07) is 11.2. The molecule has 5 N–H and O–H groups in total. The summed E-state index contributed by atoms with van der Waals surface area (Å²) in [4.78, 5) is 0. The van der Waals surface area contributed by atoms with Gasteiger partial charge in [0.1, 0.15) is 0 Å². The van der Waals surface area contributed by atoms with E-state index in [1.54, 1.807) is 12.3 Å². The van der Waals surface area contributed by atoms with E-state index in [2.05, 4.69) is 20.4 Å². The summed E-state index contributed by atoms with van der Waals surface area (Å²) in [5, 5.41) is 35.4. The van der Waals surface area contributed by atoms with Crippen LogP contribution in [-0.4, -0.2) is 37.6 Å². The number of nitrogen functional groups attached to an aromatic ring is 1. The number of aromatic nitrogens is 4. The first-order chi connectivity index (χ1) is 12.5. The van der Waals surface area contributed by atoms with Gasteiger partial charge in [-0.25, -0.2) is 0 Å². The molecule has 0 aliphatic carbocycles. The molecule has 2 aromatic carbocycles. The molecular formula is C18H16BN5O2. The fourth-order valence-corrected chi connectivity index (χ4v) is 3.11. The van der Waals surface area contributed by atoms with Gasteiger partial charge < -0.3 is 15.8 Å². The Balaban J connectivity index is 1.99. The van der Waals surface area contributed by atoms with Crippen molar-refractivity contribution in [1.82, 2.24) is 20.4 Å². The summed E-state index contributed by atoms with van der Waals surface area (Å²) >= 11 is 0. The number of nitrogens with zero attached hydrogens (tertiary/aromatic N) is 3. The molecule has 4 aromatic rings. The van der Waals surface area contributed by atoms with Crippen molar-refractivity contribution in [2.24, 2.45) is 0 Å². The van der Waals surface area contributed by atoms with E-state index in [0.29, 0.717) is 16.7 Å². The zero-order chi connectivity index (χ0) is 18.3. The van der Waals surface area contributed by atoms with Gasteiger partial charge in [0.15, 0.2) is 0 Å². The maximum atomic E-state index is 9.70. The molecule has 4 rings (SSSR count). The van der Waals surface area contributed by atoms with Gasteiger partial charge in [-0.1, -0.05) is 17.7 Å². The number of aromatic amines is 1. The van der Waals surface area contributed by atoms with Crippen LogP contribution in [0.15, 0.2) is 48.8 Å². The van der Waals surface area contributed by atoms with Crippen LogP contribution in [0.25, 0.3) is 33.3 Å². The highest BCUT2D eigenvalue weighted by molar-refractivity contribution is 6.59. The lowest BCUT2D eigenvalue weighted by molar-refractivity contribution is 0.425. The van der Waals surface area contributed by atoms with Crippen molar-refractivity contribution < 1.29 is 10.0 Å². The van der Waals surface area contributed by atoms with Crippen molar-refractivity contribution in [3.8, 4) is 22.4 Å². The molecule has 0 radical (unpaired) electrons. The second-order valence-corrected chi connectivity index (χ2v) is 6.12. The van der Waals surface area contributed by atoms with E-state index in [0.717, 1.165) is 33.3 Å². The monoisotopic (exact) mass is 345 g/mol. The quantitative estimate of drug-likeness (QED) is 0.415. The summed E-state index contributed by atoms with van der Waals surface area (Å²) < 4.78 is 0. The summed E-state index contributed by atoms with van der Waals surface area (Å²) in [6.07, 6.45) is 3.26. The molecule has 0 amide bonds. The highest BCUT2D eigenvalue weighted by atomic mass is 16.4. The van der Waals surface area contributed by atoms with Gasteiger partial charge in [-0.15, -0.1) is 0 Å². The molecular weight excluding hydrogens is 329 g/mol. The van der Waals surface area contributed by atoms with Crippen LogP contribution >= 0.6 is 0 Å². The number of H-pyrrole nitrogens is 1. The van der Waals surface area contributed by atoms with E-state index in [1.807, 2.05) is 37.3 Å². The normalized spacial score (nSPS) is 11.0. The number of anilines is 1. The van der Waals surface area contributed by atoms with E-state index < -0.39 is 7.12 Å². The van der Waals surface area contributed by atoms with Crippen molar-refractivity contribution in [3.05, 3.63) is 54.4 Å². The maximum absolute atomic E-state index is 9.70. The van der Waals surface area contributed by atoms with Gasteiger partial charge >= 0.3 is 7.12 Å².